The van der Waals surface area contributed by atoms with Gasteiger partial charge in [0, 0.05) is 11.0 Å². The lowest BCUT2D eigenvalue weighted by atomic mass is 9.92. The molecule has 0 aliphatic carbocycles. The quantitative estimate of drug-likeness (QED) is 0.774. The number of methoxy groups -OCH3 is 1. The molecule has 0 saturated heterocycles. The van der Waals surface area contributed by atoms with E-state index in [1.807, 2.05) is 18.3 Å². The first-order valence-electron chi connectivity index (χ1n) is 8.37. The number of aromatic nitrogens is 5. The summed E-state index contributed by atoms with van der Waals surface area (Å²) in [5.41, 5.74) is 3.60. The topological polar surface area (TPSA) is 87.1 Å². The first kappa shape index (κ1) is 16.4. The molecule has 1 aliphatic heterocycles. The highest BCUT2D eigenvalue weighted by molar-refractivity contribution is 5.68. The third-order valence-corrected chi connectivity index (χ3v) is 4.22. The van der Waals surface area contributed by atoms with Gasteiger partial charge in [-0.25, -0.2) is 4.68 Å². The predicted octanol–water partition coefficient (Wildman–Crippen LogP) is 2.75. The van der Waals surface area contributed by atoms with Gasteiger partial charge in [-0.2, -0.15) is 5.10 Å². The van der Waals surface area contributed by atoms with Gasteiger partial charge in [-0.15, -0.1) is 5.10 Å². The van der Waals surface area contributed by atoms with Gasteiger partial charge in [0.05, 0.1) is 31.2 Å². The number of nitrogens with zero attached hydrogens (tertiary/aromatic N) is 4. The number of H-pyrrole nitrogens is 1. The van der Waals surface area contributed by atoms with Gasteiger partial charge < -0.3 is 14.2 Å². The van der Waals surface area contributed by atoms with E-state index in [0.29, 0.717) is 23.8 Å². The van der Waals surface area contributed by atoms with Crippen molar-refractivity contribution in [2.45, 2.75) is 32.7 Å². The molecular formula is C18H21N5O3. The van der Waals surface area contributed by atoms with Crippen LogP contribution in [0, 0.1) is 0 Å². The predicted molar refractivity (Wildman–Crippen MR) is 94.5 cm³/mol. The molecule has 26 heavy (non-hydrogen) atoms. The molecule has 0 bridgehead atoms. The van der Waals surface area contributed by atoms with E-state index >= 15 is 0 Å². The van der Waals surface area contributed by atoms with Crippen molar-refractivity contribution in [3.05, 3.63) is 35.8 Å². The molecule has 1 aliphatic rings. The van der Waals surface area contributed by atoms with E-state index in [0.717, 1.165) is 22.6 Å². The number of ether oxygens (including phenoxy) is 3. The van der Waals surface area contributed by atoms with E-state index < -0.39 is 0 Å². The highest BCUT2D eigenvalue weighted by Gasteiger charge is 2.22. The van der Waals surface area contributed by atoms with Crippen LogP contribution in [0.2, 0.25) is 0 Å². The van der Waals surface area contributed by atoms with Crippen LogP contribution in [0.25, 0.3) is 11.3 Å². The van der Waals surface area contributed by atoms with Crippen molar-refractivity contribution in [3.8, 4) is 28.5 Å². The summed E-state index contributed by atoms with van der Waals surface area (Å²) in [6, 6.07) is 5.81. The largest absolute Gasteiger partial charge is 0.493 e. The summed E-state index contributed by atoms with van der Waals surface area (Å²) in [4.78, 5) is 0. The zero-order chi connectivity index (χ0) is 18.3. The Hall–Kier alpha value is -3.03. The fourth-order valence-electron chi connectivity index (χ4n) is 2.79. The third kappa shape index (κ3) is 2.98. The van der Waals surface area contributed by atoms with E-state index in [2.05, 4.69) is 47.3 Å². The number of rotatable bonds is 4. The van der Waals surface area contributed by atoms with Crippen LogP contribution in [0.5, 0.6) is 17.2 Å². The molecule has 0 saturated carbocycles. The highest BCUT2D eigenvalue weighted by atomic mass is 16.7. The monoisotopic (exact) mass is 355 g/mol. The molecule has 4 rings (SSSR count). The van der Waals surface area contributed by atoms with Gasteiger partial charge >= 0.3 is 0 Å². The van der Waals surface area contributed by atoms with E-state index in [-0.39, 0.29) is 12.2 Å². The van der Waals surface area contributed by atoms with E-state index in [4.69, 9.17) is 14.2 Å². The van der Waals surface area contributed by atoms with Gasteiger partial charge in [0.1, 0.15) is 5.69 Å². The van der Waals surface area contributed by atoms with Gasteiger partial charge in [0.25, 0.3) is 0 Å². The van der Waals surface area contributed by atoms with Crippen LogP contribution in [0.3, 0.4) is 0 Å². The summed E-state index contributed by atoms with van der Waals surface area (Å²) in [5, 5.41) is 15.9. The zero-order valence-electron chi connectivity index (χ0n) is 15.2. The normalized spacial score (nSPS) is 13.2. The smallest absolute Gasteiger partial charge is 0.231 e. The molecule has 3 heterocycles. The molecule has 0 radical (unpaired) electrons. The van der Waals surface area contributed by atoms with Crippen molar-refractivity contribution in [3.63, 3.8) is 0 Å². The summed E-state index contributed by atoms with van der Waals surface area (Å²) in [5.74, 6) is 1.89. The Morgan fingerprint density at radius 3 is 2.81 bits per heavy atom. The lowest BCUT2D eigenvalue weighted by Crippen LogP contribution is -2.11. The second-order valence-corrected chi connectivity index (χ2v) is 7.24. The number of nitrogens with one attached hydrogen (secondary N) is 1. The fraction of sp³-hybridized carbons (Fsp3) is 0.389. The van der Waals surface area contributed by atoms with E-state index in [1.54, 1.807) is 11.8 Å². The highest BCUT2D eigenvalue weighted by Crippen LogP contribution is 2.43. The minimum absolute atomic E-state index is 0.00528. The Bertz CT molecular complexity index is 939. The van der Waals surface area contributed by atoms with Crippen LogP contribution in [-0.2, 0) is 12.0 Å². The molecule has 2 aromatic heterocycles. The maximum atomic E-state index is 5.47. The maximum absolute atomic E-state index is 5.47. The number of hydrogen-bond acceptors (Lipinski definition) is 6. The Labute approximate surface area is 151 Å². The number of fused-ring (bicyclic) bond motifs is 1. The Balaban J connectivity index is 1.58. The molecule has 3 aromatic rings. The first-order valence-corrected chi connectivity index (χ1v) is 8.37. The molecule has 136 valence electrons. The average molecular weight is 355 g/mol. The Kier molecular flexibility index (Phi) is 3.82. The van der Waals surface area contributed by atoms with Crippen LogP contribution >= 0.6 is 0 Å². The molecule has 0 spiro atoms. The molecule has 1 N–H and O–H groups in total. The lowest BCUT2D eigenvalue weighted by Gasteiger charge is -2.13. The van der Waals surface area contributed by atoms with Gasteiger partial charge in [-0.05, 0) is 18.2 Å². The van der Waals surface area contributed by atoms with Crippen molar-refractivity contribution < 1.29 is 14.2 Å². The Morgan fingerprint density at radius 2 is 2.08 bits per heavy atom. The van der Waals surface area contributed by atoms with Gasteiger partial charge in [0.15, 0.2) is 11.5 Å². The van der Waals surface area contributed by atoms with Crippen LogP contribution in [0.15, 0.2) is 24.4 Å². The average Bonchev–Trinajstić information content (AvgIpc) is 3.33. The molecule has 8 heteroatoms. The van der Waals surface area contributed by atoms with Crippen molar-refractivity contribution in [1.82, 2.24) is 25.2 Å². The van der Waals surface area contributed by atoms with Gasteiger partial charge in [0.2, 0.25) is 12.5 Å². The number of hydrogen-bond donors (Lipinski definition) is 1. The van der Waals surface area contributed by atoms with Crippen molar-refractivity contribution >= 4 is 0 Å². The van der Waals surface area contributed by atoms with Crippen molar-refractivity contribution in [2.24, 2.45) is 0 Å². The van der Waals surface area contributed by atoms with Crippen molar-refractivity contribution in [1.29, 1.82) is 0 Å². The SMILES string of the molecule is COc1cc(-c2cn(Cc3cc(C(C)(C)C)n[nH]3)nn2)cc2c1OCO2. The fourth-order valence-corrected chi connectivity index (χ4v) is 2.79. The number of benzene rings is 1. The molecular weight excluding hydrogens is 334 g/mol. The van der Waals surface area contributed by atoms with Crippen LogP contribution in [-0.4, -0.2) is 39.1 Å². The van der Waals surface area contributed by atoms with E-state index in [1.165, 1.54) is 0 Å². The van der Waals surface area contributed by atoms with Crippen LogP contribution in [0.1, 0.15) is 32.2 Å². The summed E-state index contributed by atoms with van der Waals surface area (Å²) in [7, 11) is 1.60. The molecule has 8 nitrogen and oxygen atoms in total. The molecule has 0 unspecified atom stereocenters. The summed E-state index contributed by atoms with van der Waals surface area (Å²) in [6.07, 6.45) is 1.88. The van der Waals surface area contributed by atoms with Gasteiger partial charge in [-0.3, -0.25) is 5.10 Å². The molecule has 1 aromatic carbocycles. The second-order valence-electron chi connectivity index (χ2n) is 7.24. The van der Waals surface area contributed by atoms with Gasteiger partial charge in [-0.1, -0.05) is 26.0 Å². The number of aromatic amines is 1. The maximum Gasteiger partial charge on any atom is 0.231 e. The summed E-state index contributed by atoms with van der Waals surface area (Å²) >= 11 is 0. The minimum atomic E-state index is 0.00528. The summed E-state index contributed by atoms with van der Waals surface area (Å²) in [6.45, 7) is 7.16. The molecule has 0 fully saturated rings. The van der Waals surface area contributed by atoms with Crippen LogP contribution in [0.4, 0.5) is 0 Å². The third-order valence-electron chi connectivity index (χ3n) is 4.22. The molecule has 0 amide bonds. The van der Waals surface area contributed by atoms with Crippen molar-refractivity contribution in [2.75, 3.05) is 13.9 Å². The Morgan fingerprint density at radius 1 is 1.23 bits per heavy atom. The second kappa shape index (κ2) is 6.05. The summed E-state index contributed by atoms with van der Waals surface area (Å²) < 4.78 is 18.0. The lowest BCUT2D eigenvalue weighted by molar-refractivity contribution is 0.171. The zero-order valence-corrected chi connectivity index (χ0v) is 15.2. The van der Waals surface area contributed by atoms with Crippen LogP contribution < -0.4 is 14.2 Å². The van der Waals surface area contributed by atoms with E-state index in [9.17, 15) is 0 Å². The molecule has 0 atom stereocenters. The minimum Gasteiger partial charge on any atom is -0.493 e. The standard InChI is InChI=1S/C18H21N5O3/c1-18(2,3)16-7-12(19-21-16)8-23-9-13(20-22-23)11-5-14(24-4)17-15(6-11)25-10-26-17/h5-7,9H,8,10H2,1-4H3,(H,19,21). The first-order chi connectivity index (χ1) is 12.4.